The average molecular weight is 431 g/mol. The van der Waals surface area contributed by atoms with E-state index in [0.29, 0.717) is 11.3 Å². The first-order valence-electron chi connectivity index (χ1n) is 8.52. The van der Waals surface area contributed by atoms with Gasteiger partial charge in [0, 0.05) is 6.08 Å². The summed E-state index contributed by atoms with van der Waals surface area (Å²) in [4.78, 5) is 23.1. The van der Waals surface area contributed by atoms with Gasteiger partial charge in [0.2, 0.25) is 0 Å². The molecule has 1 aliphatic heterocycles. The summed E-state index contributed by atoms with van der Waals surface area (Å²) in [7, 11) is 1.21. The minimum absolute atomic E-state index is 0.143. The summed E-state index contributed by atoms with van der Waals surface area (Å²) < 4.78 is 37.1. The highest BCUT2D eigenvalue weighted by atomic mass is 32.2. The Balaban J connectivity index is 1.57. The molecule has 0 bridgehead atoms. The van der Waals surface area contributed by atoms with Crippen LogP contribution in [0.25, 0.3) is 0 Å². The number of nitrogens with one attached hydrogen (secondary N) is 1. The van der Waals surface area contributed by atoms with Gasteiger partial charge >= 0.3 is 5.97 Å². The van der Waals surface area contributed by atoms with E-state index in [4.69, 9.17) is 4.74 Å². The van der Waals surface area contributed by atoms with Crippen LogP contribution in [0.1, 0.15) is 11.1 Å². The van der Waals surface area contributed by atoms with Gasteiger partial charge in [-0.3, -0.25) is 10.1 Å². The van der Waals surface area contributed by atoms with Gasteiger partial charge in [0.1, 0.15) is 24.0 Å². The van der Waals surface area contributed by atoms with Crippen LogP contribution in [0.2, 0.25) is 0 Å². The number of ether oxygens (including phenoxy) is 2. The molecule has 7 nitrogen and oxygen atoms in total. The zero-order valence-electron chi connectivity index (χ0n) is 15.6. The van der Waals surface area contributed by atoms with E-state index >= 15 is 0 Å². The zero-order valence-corrected chi connectivity index (χ0v) is 16.4. The van der Waals surface area contributed by atoms with Gasteiger partial charge < -0.3 is 9.47 Å². The summed E-state index contributed by atoms with van der Waals surface area (Å²) in [5.41, 5.74) is 0.541. The van der Waals surface area contributed by atoms with Crippen molar-refractivity contribution in [3.05, 3.63) is 76.2 Å². The van der Waals surface area contributed by atoms with E-state index < -0.39 is 23.5 Å². The summed E-state index contributed by atoms with van der Waals surface area (Å²) >= 11 is 0.961. The molecule has 30 heavy (non-hydrogen) atoms. The van der Waals surface area contributed by atoms with Crippen molar-refractivity contribution in [3.63, 3.8) is 0 Å². The number of hydrogen-bond acceptors (Lipinski definition) is 7. The summed E-state index contributed by atoms with van der Waals surface area (Å²) in [5.74, 6) is -2.01. The van der Waals surface area contributed by atoms with Crippen molar-refractivity contribution in [2.45, 2.75) is 6.61 Å². The maximum Gasteiger partial charge on any atom is 0.331 e. The van der Waals surface area contributed by atoms with Crippen LogP contribution < -0.4 is 10.1 Å². The van der Waals surface area contributed by atoms with Crippen LogP contribution in [0.15, 0.2) is 63.6 Å². The number of benzene rings is 2. The second-order valence-electron chi connectivity index (χ2n) is 5.80. The normalized spacial score (nSPS) is 16.3. The van der Waals surface area contributed by atoms with Crippen molar-refractivity contribution in [2.75, 3.05) is 7.11 Å². The molecular weight excluding hydrogens is 416 g/mol. The molecule has 2 aromatic carbocycles. The molecule has 1 heterocycles. The molecule has 1 N–H and O–H groups in total. The number of thioether (sulfide) groups is 1. The minimum Gasteiger partial charge on any atom is -0.489 e. The molecule has 1 amide bonds. The van der Waals surface area contributed by atoms with Crippen LogP contribution in [0, 0.1) is 11.6 Å². The molecule has 0 radical (unpaired) electrons. The van der Waals surface area contributed by atoms with E-state index in [9.17, 15) is 18.4 Å². The number of carbonyl (C=O) groups excluding carboxylic acids is 2. The summed E-state index contributed by atoms with van der Waals surface area (Å²) in [5, 5.41) is 10.5. The Kier molecular flexibility index (Phi) is 6.91. The van der Waals surface area contributed by atoms with Gasteiger partial charge in [-0.1, -0.05) is 6.07 Å². The Bertz CT molecular complexity index is 1030. The fourth-order valence-electron chi connectivity index (χ4n) is 2.26. The first kappa shape index (κ1) is 21.2. The largest absolute Gasteiger partial charge is 0.489 e. The van der Waals surface area contributed by atoms with Crippen molar-refractivity contribution < 1.29 is 27.8 Å². The van der Waals surface area contributed by atoms with E-state index in [0.717, 1.165) is 17.8 Å². The zero-order chi connectivity index (χ0) is 21.5. The lowest BCUT2D eigenvalue weighted by atomic mass is 10.2. The fraction of sp³-hybridized carbons (Fsp3) is 0.100. The Hall–Kier alpha value is -3.53. The predicted octanol–water partition coefficient (Wildman–Crippen LogP) is 3.15. The highest BCUT2D eigenvalue weighted by Crippen LogP contribution is 2.23. The molecule has 0 aromatic heterocycles. The SMILES string of the molecule is COC(=O)/C=C1/S/C(=N\N=Cc2ccc(OCc3c(F)cccc3F)cc2)NC1=O. The summed E-state index contributed by atoms with van der Waals surface area (Å²) in [6, 6.07) is 10.2. The van der Waals surface area contributed by atoms with E-state index in [-0.39, 0.29) is 22.2 Å². The lowest BCUT2D eigenvalue weighted by molar-refractivity contribution is -0.135. The highest BCUT2D eigenvalue weighted by Gasteiger charge is 2.24. The molecule has 3 rings (SSSR count). The Morgan fingerprint density at radius 1 is 1.17 bits per heavy atom. The van der Waals surface area contributed by atoms with E-state index in [1.165, 1.54) is 31.5 Å². The fourth-order valence-corrected chi connectivity index (χ4v) is 3.00. The molecule has 154 valence electrons. The van der Waals surface area contributed by atoms with E-state index in [1.54, 1.807) is 24.3 Å². The van der Waals surface area contributed by atoms with Crippen LogP contribution in [0.3, 0.4) is 0 Å². The number of carbonyl (C=O) groups is 2. The van der Waals surface area contributed by atoms with Gasteiger partial charge in [-0.05, 0) is 53.7 Å². The predicted molar refractivity (Wildman–Crippen MR) is 108 cm³/mol. The van der Waals surface area contributed by atoms with Crippen LogP contribution >= 0.6 is 11.8 Å². The number of halogens is 2. The maximum absolute atomic E-state index is 13.6. The summed E-state index contributed by atoms with van der Waals surface area (Å²) in [6.45, 7) is -0.238. The number of methoxy groups -OCH3 is 1. The number of rotatable bonds is 6. The Morgan fingerprint density at radius 3 is 2.53 bits per heavy atom. The number of hydrogen-bond donors (Lipinski definition) is 1. The highest BCUT2D eigenvalue weighted by molar-refractivity contribution is 8.18. The lowest BCUT2D eigenvalue weighted by Crippen LogP contribution is -2.19. The van der Waals surface area contributed by atoms with Crippen LogP contribution in [0.5, 0.6) is 5.75 Å². The topological polar surface area (TPSA) is 89.3 Å². The minimum atomic E-state index is -0.667. The molecule has 2 aromatic rings. The first-order valence-corrected chi connectivity index (χ1v) is 9.33. The van der Waals surface area contributed by atoms with Gasteiger partial charge in [-0.2, -0.15) is 5.10 Å². The van der Waals surface area contributed by atoms with Crippen molar-refractivity contribution in [2.24, 2.45) is 10.2 Å². The molecule has 0 unspecified atom stereocenters. The second-order valence-corrected chi connectivity index (χ2v) is 6.83. The standard InChI is InChI=1S/C20H15F2N3O4S/c1-28-18(26)9-17-19(27)24-20(30-17)25-23-10-12-5-7-13(8-6-12)29-11-14-15(21)3-2-4-16(14)22/h2-10H,11H2,1H3,(H,24,25,27)/b17-9+,23-10?. The lowest BCUT2D eigenvalue weighted by Gasteiger charge is -2.08. The van der Waals surface area contributed by atoms with Crippen molar-refractivity contribution in [3.8, 4) is 5.75 Å². The number of esters is 1. The van der Waals surface area contributed by atoms with Crippen molar-refractivity contribution >= 4 is 35.0 Å². The molecule has 1 aliphatic rings. The number of amidine groups is 1. The van der Waals surface area contributed by atoms with Gasteiger partial charge in [-0.25, -0.2) is 13.6 Å². The number of nitrogens with zero attached hydrogens (tertiary/aromatic N) is 2. The van der Waals surface area contributed by atoms with Crippen molar-refractivity contribution in [1.29, 1.82) is 0 Å². The summed E-state index contributed by atoms with van der Waals surface area (Å²) in [6.07, 6.45) is 2.51. The van der Waals surface area contributed by atoms with Crippen LogP contribution in [-0.4, -0.2) is 30.4 Å². The quantitative estimate of drug-likeness (QED) is 0.329. The monoisotopic (exact) mass is 431 g/mol. The van der Waals surface area contributed by atoms with Gasteiger partial charge in [0.15, 0.2) is 5.17 Å². The van der Waals surface area contributed by atoms with Gasteiger partial charge in [0.25, 0.3) is 5.91 Å². The average Bonchev–Trinajstić information content (AvgIpc) is 3.07. The molecule has 0 aliphatic carbocycles. The molecule has 1 saturated heterocycles. The molecule has 0 atom stereocenters. The molecule has 10 heteroatoms. The smallest absolute Gasteiger partial charge is 0.331 e. The molecule has 0 saturated carbocycles. The van der Waals surface area contributed by atoms with E-state index in [1.807, 2.05) is 0 Å². The number of amides is 1. The Labute approximate surface area is 174 Å². The molecule has 1 fully saturated rings. The molecule has 0 spiro atoms. The second kappa shape index (κ2) is 9.79. The van der Waals surface area contributed by atoms with Crippen molar-refractivity contribution in [1.82, 2.24) is 5.32 Å². The van der Waals surface area contributed by atoms with E-state index in [2.05, 4.69) is 20.3 Å². The third-order valence-corrected chi connectivity index (χ3v) is 4.68. The van der Waals surface area contributed by atoms with Gasteiger partial charge in [-0.15, -0.1) is 5.10 Å². The first-order chi connectivity index (χ1) is 14.5. The maximum atomic E-state index is 13.6. The third-order valence-electron chi connectivity index (χ3n) is 3.78. The van der Waals surface area contributed by atoms with Crippen LogP contribution in [0.4, 0.5) is 8.78 Å². The third kappa shape index (κ3) is 5.51. The molecular formula is C20H15F2N3O4S. The van der Waals surface area contributed by atoms with Gasteiger partial charge in [0.05, 0.1) is 23.8 Å². The van der Waals surface area contributed by atoms with Crippen LogP contribution in [-0.2, 0) is 20.9 Å². The Morgan fingerprint density at radius 2 is 1.87 bits per heavy atom.